The lowest BCUT2D eigenvalue weighted by Crippen LogP contribution is -2.47. The van der Waals surface area contributed by atoms with Crippen molar-refractivity contribution >= 4 is 40.6 Å². The van der Waals surface area contributed by atoms with Crippen molar-refractivity contribution in [3.05, 3.63) is 65.3 Å². The summed E-state index contributed by atoms with van der Waals surface area (Å²) in [6.07, 6.45) is 2.85. The predicted molar refractivity (Wildman–Crippen MR) is 163 cm³/mol. The molecule has 3 heterocycles. The van der Waals surface area contributed by atoms with E-state index in [0.29, 0.717) is 60.8 Å². The lowest BCUT2D eigenvalue weighted by molar-refractivity contribution is -0.121. The minimum absolute atomic E-state index is 0.0592. The monoisotopic (exact) mass is 578 g/mol. The molecule has 2 aromatic carbocycles. The van der Waals surface area contributed by atoms with Crippen LogP contribution in [0.4, 0.5) is 23.1 Å². The van der Waals surface area contributed by atoms with Gasteiger partial charge in [-0.15, -0.1) is 0 Å². The SMILES string of the molecule is CN1CCN(CCN2CCC(=O)NCCCOc3ccc(Cl)cc3Nc3nccc(n3)Nc3cccc(c3)C2)CC1. The molecule has 4 bridgehead atoms. The summed E-state index contributed by atoms with van der Waals surface area (Å²) in [6.45, 7) is 8.72. The van der Waals surface area contributed by atoms with Crippen molar-refractivity contribution in [2.24, 2.45) is 0 Å². The van der Waals surface area contributed by atoms with Gasteiger partial charge in [-0.2, -0.15) is 4.98 Å². The first-order chi connectivity index (χ1) is 20.0. The smallest absolute Gasteiger partial charge is 0.229 e. The molecule has 1 aromatic heterocycles. The minimum Gasteiger partial charge on any atom is -0.491 e. The third-order valence-corrected chi connectivity index (χ3v) is 7.57. The van der Waals surface area contributed by atoms with Crippen LogP contribution in [0.25, 0.3) is 0 Å². The number of hydrogen-bond donors (Lipinski definition) is 3. The van der Waals surface area contributed by atoms with Crippen LogP contribution >= 0.6 is 11.6 Å². The number of aromatic nitrogens is 2. The van der Waals surface area contributed by atoms with E-state index in [-0.39, 0.29) is 5.91 Å². The molecule has 1 fully saturated rings. The maximum Gasteiger partial charge on any atom is 0.229 e. The number of fused-ring (bicyclic) bond motifs is 5. The molecule has 1 amide bonds. The third kappa shape index (κ3) is 9.02. The fourth-order valence-corrected chi connectivity index (χ4v) is 5.11. The van der Waals surface area contributed by atoms with E-state index >= 15 is 0 Å². The molecular formula is C30H39ClN8O2. The van der Waals surface area contributed by atoms with Gasteiger partial charge >= 0.3 is 0 Å². The molecular weight excluding hydrogens is 540 g/mol. The Kier molecular flexibility index (Phi) is 10.2. The Morgan fingerprint density at radius 2 is 1.83 bits per heavy atom. The highest BCUT2D eigenvalue weighted by Crippen LogP contribution is 2.30. The second kappa shape index (κ2) is 14.5. The quantitative estimate of drug-likeness (QED) is 0.427. The summed E-state index contributed by atoms with van der Waals surface area (Å²) in [4.78, 5) is 29.0. The molecule has 3 aromatic rings. The number of rotatable bonds is 3. The van der Waals surface area contributed by atoms with E-state index in [9.17, 15) is 4.79 Å². The predicted octanol–water partition coefficient (Wildman–Crippen LogP) is 3.96. The number of piperazine rings is 1. The van der Waals surface area contributed by atoms with E-state index in [2.05, 4.69) is 59.8 Å². The van der Waals surface area contributed by atoms with Crippen LogP contribution in [0.1, 0.15) is 18.4 Å². The van der Waals surface area contributed by atoms with Gasteiger partial charge in [0.25, 0.3) is 0 Å². The van der Waals surface area contributed by atoms with Crippen molar-refractivity contribution < 1.29 is 9.53 Å². The number of carbonyl (C=O) groups excluding carboxylic acids is 1. The van der Waals surface area contributed by atoms with Crippen molar-refractivity contribution in [1.82, 2.24) is 30.0 Å². The van der Waals surface area contributed by atoms with Crippen LogP contribution in [-0.4, -0.2) is 96.6 Å². The van der Waals surface area contributed by atoms with Crippen molar-refractivity contribution in [2.75, 3.05) is 76.6 Å². The molecule has 5 rings (SSSR count). The number of likely N-dealkylation sites (N-methyl/N-ethyl adjacent to an activating group) is 1. The first-order valence-electron chi connectivity index (χ1n) is 14.3. The maximum absolute atomic E-state index is 12.7. The number of hydrogen-bond acceptors (Lipinski definition) is 9. The number of nitrogens with one attached hydrogen (secondary N) is 3. The summed E-state index contributed by atoms with van der Waals surface area (Å²) in [5.74, 6) is 1.79. The number of amides is 1. The van der Waals surface area contributed by atoms with Crippen molar-refractivity contribution in [1.29, 1.82) is 0 Å². The summed E-state index contributed by atoms with van der Waals surface area (Å²) < 4.78 is 6.01. The van der Waals surface area contributed by atoms with E-state index in [4.69, 9.17) is 16.3 Å². The Morgan fingerprint density at radius 3 is 2.71 bits per heavy atom. The zero-order chi connectivity index (χ0) is 28.4. The summed E-state index contributed by atoms with van der Waals surface area (Å²) in [6, 6.07) is 15.6. The van der Waals surface area contributed by atoms with Crippen molar-refractivity contribution in [3.8, 4) is 5.75 Å². The van der Waals surface area contributed by atoms with Gasteiger partial charge in [0.2, 0.25) is 11.9 Å². The van der Waals surface area contributed by atoms with Gasteiger partial charge in [-0.1, -0.05) is 23.7 Å². The molecule has 1 saturated heterocycles. The van der Waals surface area contributed by atoms with E-state index in [1.807, 2.05) is 24.3 Å². The second-order valence-electron chi connectivity index (χ2n) is 10.6. The Balaban J connectivity index is 1.33. The lowest BCUT2D eigenvalue weighted by Gasteiger charge is -2.34. The van der Waals surface area contributed by atoms with Gasteiger partial charge in [0.1, 0.15) is 11.6 Å². The molecule has 0 spiro atoms. The van der Waals surface area contributed by atoms with Gasteiger partial charge in [-0.3, -0.25) is 14.6 Å². The first kappa shape index (κ1) is 29.1. The van der Waals surface area contributed by atoms with Gasteiger partial charge in [-0.05, 0) is 55.4 Å². The van der Waals surface area contributed by atoms with Gasteiger partial charge in [0.05, 0.1) is 12.3 Å². The van der Waals surface area contributed by atoms with Crippen molar-refractivity contribution in [2.45, 2.75) is 19.4 Å². The molecule has 218 valence electrons. The van der Waals surface area contributed by atoms with Crippen LogP contribution in [-0.2, 0) is 11.3 Å². The van der Waals surface area contributed by atoms with E-state index in [0.717, 1.165) is 51.5 Å². The molecule has 41 heavy (non-hydrogen) atoms. The number of ether oxygens (including phenoxy) is 1. The van der Waals surface area contributed by atoms with Gasteiger partial charge in [0, 0.05) is 82.2 Å². The topological polar surface area (TPSA) is 97.9 Å². The Morgan fingerprint density at radius 1 is 0.976 bits per heavy atom. The van der Waals surface area contributed by atoms with E-state index in [1.165, 1.54) is 5.56 Å². The molecule has 0 atom stereocenters. The van der Waals surface area contributed by atoms with E-state index < -0.39 is 0 Å². The molecule has 11 heteroatoms. The van der Waals surface area contributed by atoms with Crippen LogP contribution in [0, 0.1) is 0 Å². The highest BCUT2D eigenvalue weighted by molar-refractivity contribution is 6.31. The van der Waals surface area contributed by atoms with Crippen LogP contribution in [0.2, 0.25) is 5.02 Å². The van der Waals surface area contributed by atoms with Crippen LogP contribution in [0.3, 0.4) is 0 Å². The molecule has 2 aliphatic heterocycles. The standard InChI is InChI=1S/C30H39ClN8O2/c1-37-13-15-38(16-14-37)17-18-39-12-9-29(40)32-10-3-19-41-27-7-6-24(31)21-26(27)35-30-33-11-8-28(36-30)34-25-5-2-4-23(20-25)22-39/h2,4-8,11,20-21H,3,9-10,12-19,22H2,1H3,(H,32,40)(H2,33,34,35,36). The molecule has 0 aliphatic carbocycles. The van der Waals surface area contributed by atoms with Crippen LogP contribution < -0.4 is 20.7 Å². The Hall–Kier alpha value is -3.44. The summed E-state index contributed by atoms with van der Waals surface area (Å²) in [5, 5.41) is 10.3. The highest BCUT2D eigenvalue weighted by atomic mass is 35.5. The lowest BCUT2D eigenvalue weighted by atomic mass is 10.1. The Bertz CT molecular complexity index is 1300. The number of nitrogens with zero attached hydrogens (tertiary/aromatic N) is 5. The first-order valence-corrected chi connectivity index (χ1v) is 14.7. The fraction of sp³-hybridized carbons (Fsp3) is 0.433. The Labute approximate surface area is 247 Å². The number of anilines is 4. The summed E-state index contributed by atoms with van der Waals surface area (Å²) >= 11 is 6.26. The molecule has 0 radical (unpaired) electrons. The molecule has 0 saturated carbocycles. The van der Waals surface area contributed by atoms with Crippen molar-refractivity contribution in [3.63, 3.8) is 0 Å². The zero-order valence-corrected chi connectivity index (χ0v) is 24.4. The van der Waals surface area contributed by atoms with E-state index in [1.54, 1.807) is 18.3 Å². The van der Waals surface area contributed by atoms with Crippen LogP contribution in [0.5, 0.6) is 5.75 Å². The minimum atomic E-state index is 0.0592. The second-order valence-corrected chi connectivity index (χ2v) is 11.0. The summed E-state index contributed by atoms with van der Waals surface area (Å²) in [5.41, 5.74) is 2.79. The van der Waals surface area contributed by atoms with Gasteiger partial charge in [-0.25, -0.2) is 4.98 Å². The highest BCUT2D eigenvalue weighted by Gasteiger charge is 2.16. The average molecular weight is 579 g/mol. The molecule has 2 aliphatic rings. The number of carbonyl (C=O) groups is 1. The average Bonchev–Trinajstić information content (AvgIpc) is 2.96. The molecule has 0 unspecified atom stereocenters. The molecule has 10 nitrogen and oxygen atoms in total. The largest absolute Gasteiger partial charge is 0.491 e. The fourth-order valence-electron chi connectivity index (χ4n) is 4.94. The summed E-state index contributed by atoms with van der Waals surface area (Å²) in [7, 11) is 2.18. The third-order valence-electron chi connectivity index (χ3n) is 7.33. The van der Waals surface area contributed by atoms with Gasteiger partial charge in [0.15, 0.2) is 0 Å². The zero-order valence-electron chi connectivity index (χ0n) is 23.6. The molecule has 3 N–H and O–H groups in total. The number of benzene rings is 2. The van der Waals surface area contributed by atoms with Crippen LogP contribution in [0.15, 0.2) is 54.7 Å². The normalized spacial score (nSPS) is 18.2. The van der Waals surface area contributed by atoms with Gasteiger partial charge < -0.3 is 25.6 Å². The number of halogens is 1. The maximum atomic E-state index is 12.7.